The minimum absolute atomic E-state index is 0.0616. The molecule has 0 atom stereocenters. The Morgan fingerprint density at radius 2 is 1.77 bits per heavy atom. The molecule has 0 heterocycles. The highest BCUT2D eigenvalue weighted by Gasteiger charge is 2.20. The van der Waals surface area contributed by atoms with E-state index in [2.05, 4.69) is 0 Å². The summed E-state index contributed by atoms with van der Waals surface area (Å²) in [4.78, 5) is 14.0. The molecule has 2 rings (SSSR count). The molecule has 2 aromatic rings. The lowest BCUT2D eigenvalue weighted by Gasteiger charge is -2.20. The normalized spacial score (nSPS) is 10.4. The van der Waals surface area contributed by atoms with Crippen LogP contribution in [0.4, 0.5) is 4.39 Å². The zero-order valence-electron chi connectivity index (χ0n) is 15.1. The van der Waals surface area contributed by atoms with Crippen molar-refractivity contribution in [3.63, 3.8) is 0 Å². The molecule has 7 heteroatoms. The average Bonchev–Trinajstić information content (AvgIpc) is 2.63. The number of hydrogen-bond acceptors (Lipinski definition) is 4. The number of methoxy groups -OCH3 is 3. The summed E-state index contributed by atoms with van der Waals surface area (Å²) in [5.41, 5.74) is 0.922. The molecule has 0 unspecified atom stereocenters. The van der Waals surface area contributed by atoms with Crippen LogP contribution in [-0.2, 0) is 17.8 Å². The molecular formula is C19H21ClFNO4. The molecule has 0 aliphatic heterocycles. The Balaban J connectivity index is 2.21. The van der Waals surface area contributed by atoms with Gasteiger partial charge < -0.3 is 19.1 Å². The Kier molecular flexibility index (Phi) is 6.69. The minimum Gasteiger partial charge on any atom is -0.493 e. The molecule has 0 aliphatic rings. The molecular weight excluding hydrogens is 361 g/mol. The number of rotatable bonds is 7. The summed E-state index contributed by atoms with van der Waals surface area (Å²) in [7, 11) is 6.11. The van der Waals surface area contributed by atoms with Crippen LogP contribution in [0.2, 0.25) is 5.02 Å². The molecule has 0 saturated carbocycles. The molecule has 0 bridgehead atoms. The molecule has 1 amide bonds. The smallest absolute Gasteiger partial charge is 0.227 e. The van der Waals surface area contributed by atoms with Gasteiger partial charge in [0.2, 0.25) is 11.7 Å². The van der Waals surface area contributed by atoms with E-state index in [1.807, 2.05) is 0 Å². The van der Waals surface area contributed by atoms with E-state index in [-0.39, 0.29) is 29.5 Å². The van der Waals surface area contributed by atoms with Gasteiger partial charge in [-0.05, 0) is 18.2 Å². The van der Waals surface area contributed by atoms with Crippen molar-refractivity contribution in [2.45, 2.75) is 13.0 Å². The summed E-state index contributed by atoms with van der Waals surface area (Å²) in [6.45, 7) is 0.0694. The number of halogens is 2. The third-order valence-corrected chi connectivity index (χ3v) is 4.36. The maximum Gasteiger partial charge on any atom is 0.227 e. The van der Waals surface area contributed by atoms with Gasteiger partial charge in [-0.3, -0.25) is 4.79 Å². The van der Waals surface area contributed by atoms with Crippen LogP contribution in [-0.4, -0.2) is 39.2 Å². The molecule has 0 fully saturated rings. The van der Waals surface area contributed by atoms with Gasteiger partial charge in [0.15, 0.2) is 11.5 Å². The van der Waals surface area contributed by atoms with Crippen molar-refractivity contribution in [2.24, 2.45) is 0 Å². The van der Waals surface area contributed by atoms with Crippen LogP contribution >= 0.6 is 11.6 Å². The number of benzene rings is 2. The van der Waals surface area contributed by atoms with Gasteiger partial charge in [-0.15, -0.1) is 0 Å². The maximum atomic E-state index is 13.9. The predicted molar refractivity (Wildman–Crippen MR) is 97.7 cm³/mol. The summed E-state index contributed by atoms with van der Waals surface area (Å²) < 4.78 is 29.9. The highest BCUT2D eigenvalue weighted by Crippen LogP contribution is 2.40. The predicted octanol–water partition coefficient (Wildman–Crippen LogP) is 3.71. The number of hydrogen-bond donors (Lipinski definition) is 0. The number of amides is 1. The van der Waals surface area contributed by atoms with Gasteiger partial charge in [0, 0.05) is 29.7 Å². The van der Waals surface area contributed by atoms with Crippen LogP contribution in [0, 0.1) is 5.82 Å². The first-order valence-corrected chi connectivity index (χ1v) is 8.25. The van der Waals surface area contributed by atoms with E-state index in [9.17, 15) is 9.18 Å². The van der Waals surface area contributed by atoms with Gasteiger partial charge in [-0.2, -0.15) is 0 Å². The summed E-state index contributed by atoms with van der Waals surface area (Å²) in [6.07, 6.45) is 0.0616. The molecule has 0 aliphatic carbocycles. The topological polar surface area (TPSA) is 48.0 Å². The van der Waals surface area contributed by atoms with Crippen LogP contribution in [0.3, 0.4) is 0 Å². The molecule has 0 saturated heterocycles. The van der Waals surface area contributed by atoms with Crippen molar-refractivity contribution < 1.29 is 23.4 Å². The van der Waals surface area contributed by atoms with Crippen molar-refractivity contribution in [2.75, 3.05) is 28.4 Å². The zero-order valence-corrected chi connectivity index (χ0v) is 15.9. The van der Waals surface area contributed by atoms with Crippen molar-refractivity contribution in [1.82, 2.24) is 4.90 Å². The molecule has 5 nitrogen and oxygen atoms in total. The van der Waals surface area contributed by atoms with Crippen LogP contribution in [0.15, 0.2) is 30.3 Å². The van der Waals surface area contributed by atoms with Crippen LogP contribution < -0.4 is 14.2 Å². The summed E-state index contributed by atoms with van der Waals surface area (Å²) in [5.74, 6) is 0.695. The van der Waals surface area contributed by atoms with Crippen LogP contribution in [0.1, 0.15) is 11.1 Å². The Labute approximate surface area is 157 Å². The Morgan fingerprint density at radius 1 is 1.08 bits per heavy atom. The number of carbonyl (C=O) groups excluding carboxylic acids is 1. The van der Waals surface area contributed by atoms with E-state index in [1.165, 1.54) is 38.4 Å². The second kappa shape index (κ2) is 8.76. The lowest BCUT2D eigenvalue weighted by Crippen LogP contribution is -2.28. The lowest BCUT2D eigenvalue weighted by atomic mass is 10.1. The van der Waals surface area contributed by atoms with Crippen molar-refractivity contribution >= 4 is 17.5 Å². The van der Waals surface area contributed by atoms with Gasteiger partial charge in [-0.1, -0.05) is 23.7 Å². The number of nitrogens with zero attached hydrogens (tertiary/aromatic N) is 1. The van der Waals surface area contributed by atoms with Gasteiger partial charge >= 0.3 is 0 Å². The monoisotopic (exact) mass is 381 g/mol. The second-order valence-corrected chi connectivity index (χ2v) is 6.03. The fourth-order valence-corrected chi connectivity index (χ4v) is 2.83. The Bertz CT molecular complexity index is 777. The van der Waals surface area contributed by atoms with E-state index in [1.54, 1.807) is 25.2 Å². The maximum absolute atomic E-state index is 13.9. The van der Waals surface area contributed by atoms with Crippen LogP contribution in [0.5, 0.6) is 17.2 Å². The van der Waals surface area contributed by atoms with E-state index in [0.29, 0.717) is 22.8 Å². The number of carbonyl (C=O) groups is 1. The van der Waals surface area contributed by atoms with Gasteiger partial charge in [0.1, 0.15) is 5.82 Å². The molecule has 0 radical (unpaired) electrons. The molecule has 140 valence electrons. The van der Waals surface area contributed by atoms with Crippen LogP contribution in [0.25, 0.3) is 0 Å². The third-order valence-electron chi connectivity index (χ3n) is 4.01. The Hall–Kier alpha value is -2.47. The van der Waals surface area contributed by atoms with Crippen molar-refractivity contribution in [3.8, 4) is 17.2 Å². The van der Waals surface area contributed by atoms with E-state index in [4.69, 9.17) is 25.8 Å². The molecule has 2 aromatic carbocycles. The van der Waals surface area contributed by atoms with E-state index >= 15 is 0 Å². The largest absolute Gasteiger partial charge is 0.493 e. The van der Waals surface area contributed by atoms with E-state index in [0.717, 1.165) is 0 Å². The molecule has 0 N–H and O–H groups in total. The lowest BCUT2D eigenvalue weighted by molar-refractivity contribution is -0.129. The fourth-order valence-electron chi connectivity index (χ4n) is 2.61. The van der Waals surface area contributed by atoms with E-state index < -0.39 is 5.82 Å². The van der Waals surface area contributed by atoms with Gasteiger partial charge in [0.25, 0.3) is 0 Å². The molecule has 0 spiro atoms. The third kappa shape index (κ3) is 4.19. The first-order valence-electron chi connectivity index (χ1n) is 7.87. The Morgan fingerprint density at radius 3 is 2.35 bits per heavy atom. The zero-order chi connectivity index (χ0) is 19.3. The van der Waals surface area contributed by atoms with Gasteiger partial charge in [-0.25, -0.2) is 4.39 Å². The highest BCUT2D eigenvalue weighted by atomic mass is 35.5. The highest BCUT2D eigenvalue weighted by molar-refractivity contribution is 6.31. The minimum atomic E-state index is -0.444. The van der Waals surface area contributed by atoms with Gasteiger partial charge in [0.05, 0.1) is 27.8 Å². The average molecular weight is 382 g/mol. The quantitative estimate of drug-likeness (QED) is 0.733. The van der Waals surface area contributed by atoms with Crippen molar-refractivity contribution in [3.05, 3.63) is 52.3 Å². The fraction of sp³-hybridized carbons (Fsp3) is 0.316. The second-order valence-electron chi connectivity index (χ2n) is 5.62. The summed E-state index contributed by atoms with van der Waals surface area (Å²) in [6, 6.07) is 7.88. The summed E-state index contributed by atoms with van der Waals surface area (Å²) in [5, 5.41) is 0.286. The first kappa shape index (κ1) is 19.8. The first-order chi connectivity index (χ1) is 12.4. The SMILES string of the molecule is COc1ccc(CC(=O)N(C)Cc2c(F)cccc2Cl)c(OC)c1OC. The van der Waals surface area contributed by atoms with Crippen molar-refractivity contribution in [1.29, 1.82) is 0 Å². The molecule has 26 heavy (non-hydrogen) atoms. The summed E-state index contributed by atoms with van der Waals surface area (Å²) >= 11 is 6.03. The number of likely N-dealkylation sites (N-methyl/N-ethyl adjacent to an activating group) is 1. The molecule has 0 aromatic heterocycles. The number of ether oxygens (including phenoxy) is 3. The standard InChI is InChI=1S/C19H21ClFNO4/c1-22(11-13-14(20)6-5-7-15(13)21)17(23)10-12-8-9-16(24-2)19(26-4)18(12)25-3/h5-9H,10-11H2,1-4H3.